The van der Waals surface area contributed by atoms with Crippen LogP contribution in [0.25, 0.3) is 0 Å². The van der Waals surface area contributed by atoms with Gasteiger partial charge in [0.15, 0.2) is 16.6 Å². The molecule has 0 radical (unpaired) electrons. The number of imidazole rings is 1. The van der Waals surface area contributed by atoms with Crippen molar-refractivity contribution < 1.29 is 9.47 Å². The van der Waals surface area contributed by atoms with Gasteiger partial charge in [-0.3, -0.25) is 0 Å². The van der Waals surface area contributed by atoms with Crippen molar-refractivity contribution in [2.45, 2.75) is 52.0 Å². The first kappa shape index (κ1) is 24.3. The van der Waals surface area contributed by atoms with Gasteiger partial charge in [-0.05, 0) is 83.0 Å². The smallest absolute Gasteiger partial charge is 0.170 e. The van der Waals surface area contributed by atoms with Crippen molar-refractivity contribution in [3.63, 3.8) is 0 Å². The average Bonchev–Trinajstić information content (AvgIpc) is 3.22. The SMILES string of the molecule is COc1cc(NC(=S)NCCCn2cncc2C)ccc1OCCCCN1CCCCC1. The van der Waals surface area contributed by atoms with E-state index in [4.69, 9.17) is 21.7 Å². The molecule has 3 rings (SSSR count). The molecule has 1 saturated heterocycles. The number of hydrogen-bond acceptors (Lipinski definition) is 5. The number of ether oxygens (including phenoxy) is 2. The fraction of sp³-hybridized carbons (Fsp3) is 0.583. The molecule has 32 heavy (non-hydrogen) atoms. The third-order valence-corrected chi connectivity index (χ3v) is 6.02. The first-order chi connectivity index (χ1) is 15.7. The fourth-order valence-corrected chi connectivity index (χ4v) is 4.13. The van der Waals surface area contributed by atoms with Crippen LogP contribution in [-0.2, 0) is 6.54 Å². The van der Waals surface area contributed by atoms with E-state index in [-0.39, 0.29) is 0 Å². The van der Waals surface area contributed by atoms with Crippen LogP contribution in [0.5, 0.6) is 11.5 Å². The predicted molar refractivity (Wildman–Crippen MR) is 134 cm³/mol. The summed E-state index contributed by atoms with van der Waals surface area (Å²) < 4.78 is 13.6. The van der Waals surface area contributed by atoms with Crippen molar-refractivity contribution in [2.75, 3.05) is 45.2 Å². The quantitative estimate of drug-likeness (QED) is 0.364. The Morgan fingerprint density at radius 1 is 1.09 bits per heavy atom. The molecule has 8 heteroatoms. The zero-order valence-electron chi connectivity index (χ0n) is 19.4. The van der Waals surface area contributed by atoms with Gasteiger partial charge in [0, 0.05) is 36.7 Å². The summed E-state index contributed by atoms with van der Waals surface area (Å²) in [7, 11) is 1.66. The second-order valence-corrected chi connectivity index (χ2v) is 8.69. The van der Waals surface area contributed by atoms with Crippen LogP contribution in [0, 0.1) is 6.92 Å². The first-order valence-corrected chi connectivity index (χ1v) is 12.1. The summed E-state index contributed by atoms with van der Waals surface area (Å²) in [6, 6.07) is 5.83. The Morgan fingerprint density at radius 2 is 1.94 bits per heavy atom. The fourth-order valence-electron chi connectivity index (χ4n) is 3.91. The van der Waals surface area contributed by atoms with Crippen LogP contribution in [0.1, 0.15) is 44.2 Å². The lowest BCUT2D eigenvalue weighted by molar-refractivity contribution is 0.214. The Bertz CT molecular complexity index is 836. The first-order valence-electron chi connectivity index (χ1n) is 11.7. The molecule has 1 fully saturated rings. The molecule has 0 atom stereocenters. The third kappa shape index (κ3) is 7.98. The van der Waals surface area contributed by atoms with Crippen molar-refractivity contribution in [1.29, 1.82) is 0 Å². The highest BCUT2D eigenvalue weighted by Gasteiger charge is 2.10. The zero-order valence-corrected chi connectivity index (χ0v) is 20.3. The van der Waals surface area contributed by atoms with E-state index >= 15 is 0 Å². The number of nitrogens with zero attached hydrogens (tertiary/aromatic N) is 3. The molecule has 2 N–H and O–H groups in total. The minimum atomic E-state index is 0.598. The molecular formula is C24H37N5O2S. The summed E-state index contributed by atoms with van der Waals surface area (Å²) in [6.07, 6.45) is 11.0. The number of thiocarbonyl (C=S) groups is 1. The maximum Gasteiger partial charge on any atom is 0.170 e. The third-order valence-electron chi connectivity index (χ3n) is 5.78. The van der Waals surface area contributed by atoms with Gasteiger partial charge in [0.2, 0.25) is 0 Å². The van der Waals surface area contributed by atoms with Crippen LogP contribution in [0.3, 0.4) is 0 Å². The number of methoxy groups -OCH3 is 1. The number of benzene rings is 1. The average molecular weight is 460 g/mol. The van der Waals surface area contributed by atoms with Gasteiger partial charge in [0.1, 0.15) is 0 Å². The number of piperidine rings is 1. The van der Waals surface area contributed by atoms with Crippen molar-refractivity contribution in [2.24, 2.45) is 0 Å². The number of unbranched alkanes of at least 4 members (excludes halogenated alkanes) is 1. The highest BCUT2D eigenvalue weighted by Crippen LogP contribution is 2.30. The zero-order chi connectivity index (χ0) is 22.6. The van der Waals surface area contributed by atoms with Gasteiger partial charge in [-0.25, -0.2) is 4.98 Å². The van der Waals surface area contributed by atoms with Crippen LogP contribution >= 0.6 is 12.2 Å². The number of likely N-dealkylation sites (tertiary alicyclic amines) is 1. The lowest BCUT2D eigenvalue weighted by Crippen LogP contribution is -2.30. The van der Waals surface area contributed by atoms with E-state index in [0.717, 1.165) is 37.4 Å². The Labute approximate surface area is 197 Å². The van der Waals surface area contributed by atoms with Crippen molar-refractivity contribution in [3.05, 3.63) is 36.4 Å². The van der Waals surface area contributed by atoms with E-state index in [1.807, 2.05) is 30.7 Å². The maximum absolute atomic E-state index is 5.97. The van der Waals surface area contributed by atoms with E-state index < -0.39 is 0 Å². The molecule has 0 amide bonds. The monoisotopic (exact) mass is 459 g/mol. The Morgan fingerprint density at radius 3 is 2.69 bits per heavy atom. The Hall–Kier alpha value is -2.32. The number of aromatic nitrogens is 2. The van der Waals surface area contributed by atoms with E-state index in [1.54, 1.807) is 7.11 Å². The van der Waals surface area contributed by atoms with Crippen LogP contribution in [0.4, 0.5) is 5.69 Å². The van der Waals surface area contributed by atoms with Gasteiger partial charge < -0.3 is 29.6 Å². The molecule has 7 nitrogen and oxygen atoms in total. The predicted octanol–water partition coefficient (Wildman–Crippen LogP) is 4.22. The van der Waals surface area contributed by atoms with Crippen molar-refractivity contribution in [3.8, 4) is 11.5 Å². The Kier molecular flexibility index (Phi) is 10.1. The maximum atomic E-state index is 5.97. The van der Waals surface area contributed by atoms with Gasteiger partial charge in [0.05, 0.1) is 20.0 Å². The van der Waals surface area contributed by atoms with E-state index in [9.17, 15) is 0 Å². The lowest BCUT2D eigenvalue weighted by Gasteiger charge is -2.26. The van der Waals surface area contributed by atoms with Crippen molar-refractivity contribution >= 4 is 23.0 Å². The minimum Gasteiger partial charge on any atom is -0.493 e. The molecule has 0 bridgehead atoms. The summed E-state index contributed by atoms with van der Waals surface area (Å²) in [5.41, 5.74) is 2.05. The van der Waals surface area contributed by atoms with Crippen LogP contribution < -0.4 is 20.1 Å². The molecule has 176 valence electrons. The number of rotatable bonds is 12. The summed E-state index contributed by atoms with van der Waals surface area (Å²) in [6.45, 7) is 8.15. The summed E-state index contributed by atoms with van der Waals surface area (Å²) in [4.78, 5) is 6.71. The van der Waals surface area contributed by atoms with Crippen LogP contribution in [-0.4, -0.2) is 59.5 Å². The van der Waals surface area contributed by atoms with E-state index in [2.05, 4.69) is 32.0 Å². The summed E-state index contributed by atoms with van der Waals surface area (Å²) >= 11 is 5.42. The number of anilines is 1. The highest BCUT2D eigenvalue weighted by atomic mass is 32.1. The van der Waals surface area contributed by atoms with Gasteiger partial charge in [0.25, 0.3) is 0 Å². The molecule has 1 aliphatic rings. The molecule has 1 aromatic heterocycles. The lowest BCUT2D eigenvalue weighted by atomic mass is 10.1. The van der Waals surface area contributed by atoms with Crippen LogP contribution in [0.2, 0.25) is 0 Å². The molecule has 0 spiro atoms. The number of nitrogens with one attached hydrogen (secondary N) is 2. The Balaban J connectivity index is 1.35. The normalized spacial score (nSPS) is 14.2. The second-order valence-electron chi connectivity index (χ2n) is 8.29. The highest BCUT2D eigenvalue weighted by molar-refractivity contribution is 7.80. The van der Waals surface area contributed by atoms with Gasteiger partial charge in [-0.1, -0.05) is 6.42 Å². The molecule has 2 heterocycles. The molecule has 2 aromatic rings. The minimum absolute atomic E-state index is 0.598. The molecule has 0 saturated carbocycles. The van der Waals surface area contributed by atoms with Crippen LogP contribution in [0.15, 0.2) is 30.7 Å². The molecular weight excluding hydrogens is 422 g/mol. The summed E-state index contributed by atoms with van der Waals surface area (Å²) in [5.74, 6) is 1.48. The number of aryl methyl sites for hydroxylation is 2. The van der Waals surface area contributed by atoms with E-state index in [0.29, 0.717) is 17.5 Å². The molecule has 1 aliphatic heterocycles. The van der Waals surface area contributed by atoms with Crippen molar-refractivity contribution in [1.82, 2.24) is 19.8 Å². The molecule has 0 unspecified atom stereocenters. The van der Waals surface area contributed by atoms with Gasteiger partial charge in [-0.2, -0.15) is 0 Å². The largest absolute Gasteiger partial charge is 0.493 e. The van der Waals surface area contributed by atoms with Gasteiger partial charge in [-0.15, -0.1) is 0 Å². The molecule has 0 aliphatic carbocycles. The van der Waals surface area contributed by atoms with E-state index in [1.165, 1.54) is 51.0 Å². The summed E-state index contributed by atoms with van der Waals surface area (Å²) in [5, 5.41) is 7.07. The van der Waals surface area contributed by atoms with Gasteiger partial charge >= 0.3 is 0 Å². The second kappa shape index (κ2) is 13.3. The topological polar surface area (TPSA) is 63.6 Å². The standard InChI is InChI=1S/C24H37N5O2S/c1-20-18-25-19-29(20)15-8-11-26-24(32)27-21-9-10-22(23(17-21)30-2)31-16-7-6-14-28-12-4-3-5-13-28/h9-10,17-19H,3-8,11-16H2,1-2H3,(H2,26,27,32). The number of hydrogen-bond donors (Lipinski definition) is 2. The molecule has 1 aromatic carbocycles.